The Morgan fingerprint density at radius 3 is 2.43 bits per heavy atom. The van der Waals surface area contributed by atoms with E-state index in [1.165, 1.54) is 25.3 Å². The number of azo groups is 1. The number of benzene rings is 3. The highest BCUT2D eigenvalue weighted by Crippen LogP contribution is 2.42. The first-order valence-corrected chi connectivity index (χ1v) is 10.3. The van der Waals surface area contributed by atoms with Crippen molar-refractivity contribution in [3.8, 4) is 11.5 Å². The summed E-state index contributed by atoms with van der Waals surface area (Å²) in [5.41, 5.74) is 0.634. The molecule has 0 spiro atoms. The zero-order valence-corrected chi connectivity index (χ0v) is 17.0. The molecule has 0 bridgehead atoms. The summed E-state index contributed by atoms with van der Waals surface area (Å²) in [5.74, 6) is -0.259. The summed E-state index contributed by atoms with van der Waals surface area (Å²) in [6.07, 6.45) is 0.176. The van der Waals surface area contributed by atoms with E-state index in [2.05, 4.69) is 15.5 Å². The van der Waals surface area contributed by atoms with Crippen LogP contribution in [0.1, 0.15) is 13.3 Å². The normalized spacial score (nSPS) is 11.7. The molecule has 0 aliphatic heterocycles. The number of anilines is 1. The van der Waals surface area contributed by atoms with Crippen molar-refractivity contribution < 1.29 is 27.6 Å². The minimum absolute atomic E-state index is 0.0170. The van der Waals surface area contributed by atoms with Crippen LogP contribution in [-0.2, 0) is 14.9 Å². The minimum atomic E-state index is -4.57. The van der Waals surface area contributed by atoms with Crippen molar-refractivity contribution in [1.82, 2.24) is 0 Å². The number of aromatic hydroxyl groups is 1. The minimum Gasteiger partial charge on any atom is -0.505 e. The summed E-state index contributed by atoms with van der Waals surface area (Å²) >= 11 is 0. The van der Waals surface area contributed by atoms with Gasteiger partial charge >= 0.3 is 0 Å². The van der Waals surface area contributed by atoms with Crippen LogP contribution in [0.2, 0.25) is 0 Å². The first-order chi connectivity index (χ1) is 14.3. The van der Waals surface area contributed by atoms with E-state index < -0.39 is 20.8 Å². The highest BCUT2D eigenvalue weighted by molar-refractivity contribution is 7.86. The van der Waals surface area contributed by atoms with Gasteiger partial charge in [-0.05, 0) is 30.3 Å². The Hall–Kier alpha value is -3.50. The van der Waals surface area contributed by atoms with Crippen molar-refractivity contribution in [2.45, 2.75) is 18.2 Å². The van der Waals surface area contributed by atoms with Crippen molar-refractivity contribution in [2.24, 2.45) is 10.2 Å². The third-order valence-electron chi connectivity index (χ3n) is 4.32. The van der Waals surface area contributed by atoms with E-state index in [1.807, 2.05) is 0 Å². The maximum absolute atomic E-state index is 11.9. The number of carbonyl (C=O) groups is 1. The van der Waals surface area contributed by atoms with Crippen LogP contribution in [0.15, 0.2) is 63.7 Å². The monoisotopic (exact) mass is 429 g/mol. The van der Waals surface area contributed by atoms with Crippen LogP contribution in [0.25, 0.3) is 10.8 Å². The molecule has 0 aromatic heterocycles. The standard InChI is InChI=1S/C20H19N3O6S/c1-3-18(24)21-14-10-11-17(30(26,27)28)12-8-9-15(20(25)19(12)14)23-22-13-6-4-5-7-16(13)29-2/h4-11,25H,3H2,1-2H3,(H,21,24)(H,26,27,28). The first-order valence-electron chi connectivity index (χ1n) is 8.87. The van der Waals surface area contributed by atoms with Gasteiger partial charge < -0.3 is 15.2 Å². The largest absolute Gasteiger partial charge is 0.505 e. The molecule has 3 rings (SSSR count). The molecule has 10 heteroatoms. The maximum Gasteiger partial charge on any atom is 0.295 e. The highest BCUT2D eigenvalue weighted by atomic mass is 32.2. The number of phenols is 1. The molecule has 0 fully saturated rings. The summed E-state index contributed by atoms with van der Waals surface area (Å²) in [7, 11) is -3.08. The Morgan fingerprint density at radius 2 is 1.77 bits per heavy atom. The molecule has 0 heterocycles. The van der Waals surface area contributed by atoms with Crippen LogP contribution < -0.4 is 10.1 Å². The zero-order chi connectivity index (χ0) is 21.9. The number of carbonyl (C=O) groups excluding carboxylic acids is 1. The Balaban J connectivity index is 2.20. The number of ether oxygens (including phenoxy) is 1. The topological polar surface area (TPSA) is 138 Å². The van der Waals surface area contributed by atoms with Crippen LogP contribution in [0.4, 0.5) is 17.1 Å². The molecule has 156 valence electrons. The SMILES string of the molecule is CCC(=O)Nc1ccc(S(=O)(=O)O)c2ccc(N=Nc3ccccc3OC)c(O)c12. The molecule has 0 unspecified atom stereocenters. The van der Waals surface area contributed by atoms with E-state index in [4.69, 9.17) is 4.74 Å². The molecule has 3 aromatic rings. The van der Waals surface area contributed by atoms with E-state index in [-0.39, 0.29) is 34.5 Å². The van der Waals surface area contributed by atoms with Gasteiger partial charge in [-0.15, -0.1) is 10.2 Å². The fraction of sp³-hybridized carbons (Fsp3) is 0.150. The number of nitrogens with one attached hydrogen (secondary N) is 1. The number of para-hydroxylation sites is 1. The predicted molar refractivity (Wildman–Crippen MR) is 112 cm³/mol. The Kier molecular flexibility index (Phi) is 5.99. The van der Waals surface area contributed by atoms with Gasteiger partial charge in [-0.1, -0.05) is 25.1 Å². The predicted octanol–water partition coefficient (Wildman–Crippen LogP) is 4.56. The molecule has 3 N–H and O–H groups in total. The quantitative estimate of drug-likeness (QED) is 0.388. The molecule has 30 heavy (non-hydrogen) atoms. The van der Waals surface area contributed by atoms with Crippen molar-refractivity contribution in [3.05, 3.63) is 48.5 Å². The van der Waals surface area contributed by atoms with E-state index in [1.54, 1.807) is 31.2 Å². The molecule has 0 aliphatic rings. The van der Waals surface area contributed by atoms with Crippen LogP contribution in [-0.4, -0.2) is 31.1 Å². The molecule has 0 atom stereocenters. The van der Waals surface area contributed by atoms with E-state index in [0.29, 0.717) is 11.4 Å². The summed E-state index contributed by atoms with van der Waals surface area (Å²) in [6, 6.07) is 12.1. The Morgan fingerprint density at radius 1 is 1.07 bits per heavy atom. The third kappa shape index (κ3) is 4.24. The maximum atomic E-state index is 11.9. The lowest BCUT2D eigenvalue weighted by Gasteiger charge is -2.13. The van der Waals surface area contributed by atoms with Gasteiger partial charge in [0.2, 0.25) is 5.91 Å². The van der Waals surface area contributed by atoms with E-state index in [0.717, 1.165) is 6.07 Å². The second kappa shape index (κ2) is 8.47. The lowest BCUT2D eigenvalue weighted by molar-refractivity contribution is -0.115. The number of hydrogen-bond acceptors (Lipinski definition) is 7. The first kappa shape index (κ1) is 21.2. The second-order valence-corrected chi connectivity index (χ2v) is 7.61. The van der Waals surface area contributed by atoms with Crippen LogP contribution in [0.5, 0.6) is 11.5 Å². The fourth-order valence-corrected chi connectivity index (χ4v) is 3.55. The lowest BCUT2D eigenvalue weighted by Crippen LogP contribution is -2.10. The molecule has 0 aliphatic carbocycles. The van der Waals surface area contributed by atoms with Gasteiger partial charge in [-0.2, -0.15) is 8.42 Å². The molecule has 0 saturated heterocycles. The molecule has 0 saturated carbocycles. The van der Waals surface area contributed by atoms with Crippen molar-refractivity contribution >= 4 is 43.9 Å². The number of phenolic OH excluding ortho intramolecular Hbond substituents is 1. The smallest absolute Gasteiger partial charge is 0.295 e. The van der Waals surface area contributed by atoms with Crippen molar-refractivity contribution in [1.29, 1.82) is 0 Å². The average molecular weight is 429 g/mol. The summed E-state index contributed by atoms with van der Waals surface area (Å²) in [5, 5.41) is 21.6. The molecular weight excluding hydrogens is 410 g/mol. The van der Waals surface area contributed by atoms with Crippen LogP contribution >= 0.6 is 0 Å². The second-order valence-electron chi connectivity index (χ2n) is 6.22. The summed E-state index contributed by atoms with van der Waals surface area (Å²) < 4.78 is 38.2. The van der Waals surface area contributed by atoms with Crippen LogP contribution in [0, 0.1) is 0 Å². The fourth-order valence-electron chi connectivity index (χ4n) is 2.86. The molecule has 1 amide bonds. The number of hydrogen-bond donors (Lipinski definition) is 3. The van der Waals surface area contributed by atoms with Gasteiger partial charge in [0.25, 0.3) is 10.1 Å². The highest BCUT2D eigenvalue weighted by Gasteiger charge is 2.20. The number of rotatable bonds is 6. The molecule has 3 aromatic carbocycles. The zero-order valence-electron chi connectivity index (χ0n) is 16.2. The van der Waals surface area contributed by atoms with Crippen molar-refractivity contribution in [2.75, 3.05) is 12.4 Å². The number of fused-ring (bicyclic) bond motifs is 1. The van der Waals surface area contributed by atoms with E-state index in [9.17, 15) is 22.9 Å². The number of amides is 1. The Bertz CT molecular complexity index is 1250. The molecule has 9 nitrogen and oxygen atoms in total. The van der Waals surface area contributed by atoms with Gasteiger partial charge in [0.1, 0.15) is 22.0 Å². The Labute approximate surface area is 172 Å². The lowest BCUT2D eigenvalue weighted by atomic mass is 10.1. The summed E-state index contributed by atoms with van der Waals surface area (Å²) in [6.45, 7) is 1.65. The van der Waals surface area contributed by atoms with E-state index >= 15 is 0 Å². The van der Waals surface area contributed by atoms with Crippen molar-refractivity contribution in [3.63, 3.8) is 0 Å². The molecular formula is C20H19N3O6S. The number of nitrogens with zero attached hydrogens (tertiary/aromatic N) is 2. The van der Waals surface area contributed by atoms with Gasteiger partial charge in [-0.25, -0.2) is 0 Å². The van der Waals surface area contributed by atoms with Gasteiger partial charge in [0.15, 0.2) is 5.75 Å². The van der Waals surface area contributed by atoms with Gasteiger partial charge in [-0.3, -0.25) is 9.35 Å². The van der Waals surface area contributed by atoms with Gasteiger partial charge in [0.05, 0.1) is 18.2 Å². The van der Waals surface area contributed by atoms with Crippen LogP contribution in [0.3, 0.4) is 0 Å². The number of methoxy groups -OCH3 is 1. The third-order valence-corrected chi connectivity index (χ3v) is 5.23. The van der Waals surface area contributed by atoms with Gasteiger partial charge in [0, 0.05) is 11.8 Å². The molecule has 0 radical (unpaired) electrons. The average Bonchev–Trinajstić information content (AvgIpc) is 2.72. The summed E-state index contributed by atoms with van der Waals surface area (Å²) in [4.78, 5) is 11.5.